The van der Waals surface area contributed by atoms with E-state index < -0.39 is 0 Å². The van der Waals surface area contributed by atoms with Crippen LogP contribution in [0.3, 0.4) is 0 Å². The van der Waals surface area contributed by atoms with Gasteiger partial charge in [-0.25, -0.2) is 0 Å². The minimum Gasteiger partial charge on any atom is -0.328 e. The number of rotatable bonds is 17. The van der Waals surface area contributed by atoms with E-state index in [-0.39, 0.29) is 0 Å². The molecule has 1 atom stereocenters. The summed E-state index contributed by atoms with van der Waals surface area (Å²) in [7, 11) is 0. The summed E-state index contributed by atoms with van der Waals surface area (Å²) >= 11 is 0. The Bertz CT molecular complexity index is 179. The van der Waals surface area contributed by atoms with Gasteiger partial charge < -0.3 is 5.73 Å². The monoisotopic (exact) mass is 297 g/mol. The molecule has 128 valence electrons. The first-order chi connectivity index (χ1) is 10.3. The quantitative estimate of drug-likeness (QED) is 0.288. The van der Waals surface area contributed by atoms with Crippen molar-refractivity contribution >= 4 is 0 Å². The molecule has 0 bridgehead atoms. The van der Waals surface area contributed by atoms with Gasteiger partial charge in [0.25, 0.3) is 0 Å². The van der Waals surface area contributed by atoms with Crippen molar-refractivity contribution in [1.82, 2.24) is 0 Å². The third kappa shape index (κ3) is 17.9. The van der Waals surface area contributed by atoms with E-state index in [4.69, 9.17) is 5.73 Å². The Morgan fingerprint density at radius 3 is 1.19 bits per heavy atom. The first-order valence-corrected chi connectivity index (χ1v) is 10.1. The van der Waals surface area contributed by atoms with Crippen LogP contribution < -0.4 is 5.73 Å². The van der Waals surface area contributed by atoms with Crippen molar-refractivity contribution in [2.45, 2.75) is 129 Å². The fourth-order valence-corrected chi connectivity index (χ4v) is 3.05. The second kappa shape index (κ2) is 18.0. The molecule has 0 fully saturated rings. The standard InChI is InChI=1S/C20H43N/c1-3-5-7-8-9-10-11-12-13-14-15-17-19-20(21)18-16-6-4-2/h20H,3-19,21H2,1-2H3. The molecule has 0 heterocycles. The zero-order chi connectivity index (χ0) is 15.6. The maximum Gasteiger partial charge on any atom is 0.00388 e. The second-order valence-corrected chi connectivity index (χ2v) is 6.93. The molecule has 1 heteroatoms. The summed E-state index contributed by atoms with van der Waals surface area (Å²) in [4.78, 5) is 0. The first kappa shape index (κ1) is 21.0. The van der Waals surface area contributed by atoms with Crippen LogP contribution in [0.15, 0.2) is 0 Å². The highest BCUT2D eigenvalue weighted by Crippen LogP contribution is 2.13. The molecule has 0 amide bonds. The van der Waals surface area contributed by atoms with Crippen LogP contribution >= 0.6 is 0 Å². The Morgan fingerprint density at radius 2 is 0.762 bits per heavy atom. The molecule has 0 saturated heterocycles. The zero-order valence-corrected chi connectivity index (χ0v) is 15.2. The van der Waals surface area contributed by atoms with Crippen LogP contribution in [0.25, 0.3) is 0 Å². The van der Waals surface area contributed by atoms with E-state index in [0.29, 0.717) is 6.04 Å². The summed E-state index contributed by atoms with van der Waals surface area (Å²) in [5.41, 5.74) is 6.14. The number of hydrogen-bond donors (Lipinski definition) is 1. The molecule has 1 unspecified atom stereocenters. The Morgan fingerprint density at radius 1 is 0.476 bits per heavy atom. The predicted octanol–water partition coefficient (Wildman–Crippen LogP) is 6.99. The lowest BCUT2D eigenvalue weighted by atomic mass is 10.0. The van der Waals surface area contributed by atoms with Crippen molar-refractivity contribution < 1.29 is 0 Å². The molecule has 21 heavy (non-hydrogen) atoms. The van der Waals surface area contributed by atoms with Gasteiger partial charge in [0.2, 0.25) is 0 Å². The topological polar surface area (TPSA) is 26.0 Å². The van der Waals surface area contributed by atoms with E-state index in [0.717, 1.165) is 0 Å². The van der Waals surface area contributed by atoms with Gasteiger partial charge >= 0.3 is 0 Å². The van der Waals surface area contributed by atoms with Crippen molar-refractivity contribution in [3.05, 3.63) is 0 Å². The van der Waals surface area contributed by atoms with Gasteiger partial charge in [-0.2, -0.15) is 0 Å². The number of nitrogens with two attached hydrogens (primary N) is 1. The average molecular weight is 298 g/mol. The summed E-state index contributed by atoms with van der Waals surface area (Å²) in [5.74, 6) is 0. The molecule has 0 aromatic heterocycles. The highest BCUT2D eigenvalue weighted by Gasteiger charge is 2.01. The van der Waals surface area contributed by atoms with E-state index in [9.17, 15) is 0 Å². The van der Waals surface area contributed by atoms with Crippen LogP contribution in [-0.4, -0.2) is 6.04 Å². The van der Waals surface area contributed by atoms with Crippen molar-refractivity contribution in [2.75, 3.05) is 0 Å². The lowest BCUT2D eigenvalue weighted by Gasteiger charge is -2.10. The zero-order valence-electron chi connectivity index (χ0n) is 15.2. The SMILES string of the molecule is CCCCCCCCCCCCCCC(N)CCCCC. The summed E-state index contributed by atoms with van der Waals surface area (Å²) in [5, 5.41) is 0. The van der Waals surface area contributed by atoms with Gasteiger partial charge in [0.15, 0.2) is 0 Å². The van der Waals surface area contributed by atoms with Crippen molar-refractivity contribution in [3.8, 4) is 0 Å². The maximum absolute atomic E-state index is 6.14. The lowest BCUT2D eigenvalue weighted by Crippen LogP contribution is -2.19. The Labute approximate surface area is 135 Å². The van der Waals surface area contributed by atoms with Crippen LogP contribution in [0.4, 0.5) is 0 Å². The van der Waals surface area contributed by atoms with Crippen LogP contribution in [0.2, 0.25) is 0 Å². The van der Waals surface area contributed by atoms with Crippen molar-refractivity contribution in [2.24, 2.45) is 5.73 Å². The minimum atomic E-state index is 0.472. The van der Waals surface area contributed by atoms with Gasteiger partial charge in [0, 0.05) is 6.04 Å². The molecule has 2 N–H and O–H groups in total. The number of unbranched alkanes of at least 4 members (excludes halogenated alkanes) is 13. The van der Waals surface area contributed by atoms with E-state index in [2.05, 4.69) is 13.8 Å². The number of hydrogen-bond acceptors (Lipinski definition) is 1. The maximum atomic E-state index is 6.14. The van der Waals surface area contributed by atoms with E-state index in [1.54, 1.807) is 0 Å². The molecule has 0 aliphatic rings. The van der Waals surface area contributed by atoms with Crippen LogP contribution in [-0.2, 0) is 0 Å². The molecule has 0 saturated carbocycles. The molecule has 0 aromatic carbocycles. The van der Waals surface area contributed by atoms with Crippen molar-refractivity contribution in [1.29, 1.82) is 0 Å². The third-order valence-electron chi connectivity index (χ3n) is 4.61. The van der Waals surface area contributed by atoms with Crippen LogP contribution in [0, 0.1) is 0 Å². The molecular formula is C20H43N. The average Bonchev–Trinajstić information content (AvgIpc) is 2.48. The van der Waals surface area contributed by atoms with Crippen LogP contribution in [0.5, 0.6) is 0 Å². The molecule has 0 radical (unpaired) electrons. The van der Waals surface area contributed by atoms with E-state index >= 15 is 0 Å². The Kier molecular flexibility index (Phi) is 18.0. The first-order valence-electron chi connectivity index (χ1n) is 10.1. The predicted molar refractivity (Wildman–Crippen MR) is 97.8 cm³/mol. The molecular weight excluding hydrogens is 254 g/mol. The van der Waals surface area contributed by atoms with Gasteiger partial charge in [-0.1, -0.05) is 110 Å². The molecule has 1 nitrogen and oxygen atoms in total. The summed E-state index contributed by atoms with van der Waals surface area (Å²) in [6.45, 7) is 4.55. The van der Waals surface area contributed by atoms with Crippen LogP contribution in [0.1, 0.15) is 123 Å². The van der Waals surface area contributed by atoms with Gasteiger partial charge in [-0.3, -0.25) is 0 Å². The van der Waals surface area contributed by atoms with E-state index in [1.165, 1.54) is 109 Å². The minimum absolute atomic E-state index is 0.472. The lowest BCUT2D eigenvalue weighted by molar-refractivity contribution is 0.487. The molecule has 0 aromatic rings. The molecule has 0 aliphatic carbocycles. The summed E-state index contributed by atoms with van der Waals surface area (Å²) in [6.07, 6.45) is 23.7. The molecule has 0 aliphatic heterocycles. The molecule has 0 spiro atoms. The molecule has 0 rings (SSSR count). The van der Waals surface area contributed by atoms with Crippen molar-refractivity contribution in [3.63, 3.8) is 0 Å². The smallest absolute Gasteiger partial charge is 0.00388 e. The highest BCUT2D eigenvalue weighted by atomic mass is 14.6. The third-order valence-corrected chi connectivity index (χ3v) is 4.61. The Hall–Kier alpha value is -0.0400. The fraction of sp³-hybridized carbons (Fsp3) is 1.00. The normalized spacial score (nSPS) is 12.7. The fourth-order valence-electron chi connectivity index (χ4n) is 3.05. The highest BCUT2D eigenvalue weighted by molar-refractivity contribution is 4.61. The van der Waals surface area contributed by atoms with Gasteiger partial charge in [-0.05, 0) is 12.8 Å². The largest absolute Gasteiger partial charge is 0.328 e. The van der Waals surface area contributed by atoms with Gasteiger partial charge in [0.05, 0.1) is 0 Å². The van der Waals surface area contributed by atoms with Gasteiger partial charge in [-0.15, -0.1) is 0 Å². The Balaban J connectivity index is 3.05. The summed E-state index contributed by atoms with van der Waals surface area (Å²) in [6, 6.07) is 0.472. The summed E-state index contributed by atoms with van der Waals surface area (Å²) < 4.78 is 0. The van der Waals surface area contributed by atoms with E-state index in [1.807, 2.05) is 0 Å². The van der Waals surface area contributed by atoms with Gasteiger partial charge in [0.1, 0.15) is 0 Å². The second-order valence-electron chi connectivity index (χ2n) is 6.93.